The van der Waals surface area contributed by atoms with Gasteiger partial charge in [-0.1, -0.05) is 38.1 Å². The van der Waals surface area contributed by atoms with E-state index in [2.05, 4.69) is 38.1 Å². The number of benzene rings is 1. The lowest BCUT2D eigenvalue weighted by atomic mass is 9.99. The summed E-state index contributed by atoms with van der Waals surface area (Å²) in [5, 5.41) is 0. The third kappa shape index (κ3) is 4.11. The Kier molecular flexibility index (Phi) is 5.62. The molecule has 0 heterocycles. The van der Waals surface area contributed by atoms with E-state index < -0.39 is 0 Å². The van der Waals surface area contributed by atoms with Crippen molar-refractivity contribution in [2.75, 3.05) is 14.2 Å². The first-order valence-corrected chi connectivity index (χ1v) is 5.98. The van der Waals surface area contributed by atoms with Crippen LogP contribution in [0, 0.1) is 0 Å². The van der Waals surface area contributed by atoms with Crippen molar-refractivity contribution in [1.29, 1.82) is 0 Å². The molecule has 0 fully saturated rings. The van der Waals surface area contributed by atoms with Crippen LogP contribution in [0.3, 0.4) is 0 Å². The van der Waals surface area contributed by atoms with Gasteiger partial charge in [0.05, 0.1) is 6.04 Å². The van der Waals surface area contributed by atoms with Gasteiger partial charge in [0.25, 0.3) is 0 Å². The SMILES string of the molecule is COC(OC)C(N)Cc1ccc(C(C)C)cc1. The molecule has 3 nitrogen and oxygen atoms in total. The van der Waals surface area contributed by atoms with Crippen LogP contribution in [-0.2, 0) is 15.9 Å². The van der Waals surface area contributed by atoms with E-state index >= 15 is 0 Å². The Bertz CT molecular complexity index is 317. The van der Waals surface area contributed by atoms with E-state index in [0.29, 0.717) is 5.92 Å². The molecular formula is C14H23NO2. The third-order valence-corrected chi connectivity index (χ3v) is 2.93. The van der Waals surface area contributed by atoms with E-state index in [1.54, 1.807) is 14.2 Å². The molecule has 1 aromatic carbocycles. The molecule has 1 aromatic rings. The number of rotatable bonds is 6. The Morgan fingerprint density at radius 3 is 2.00 bits per heavy atom. The number of hydrogen-bond acceptors (Lipinski definition) is 3. The normalized spacial score (nSPS) is 13.4. The summed E-state index contributed by atoms with van der Waals surface area (Å²) in [6, 6.07) is 8.41. The van der Waals surface area contributed by atoms with Gasteiger partial charge >= 0.3 is 0 Å². The summed E-state index contributed by atoms with van der Waals surface area (Å²) in [6.07, 6.45) is 0.407. The average Bonchev–Trinajstić information content (AvgIpc) is 2.31. The zero-order valence-corrected chi connectivity index (χ0v) is 11.1. The van der Waals surface area contributed by atoms with Crippen molar-refractivity contribution < 1.29 is 9.47 Å². The minimum atomic E-state index is -0.347. The van der Waals surface area contributed by atoms with Crippen LogP contribution in [0.5, 0.6) is 0 Å². The molecule has 1 unspecified atom stereocenters. The van der Waals surface area contributed by atoms with E-state index in [4.69, 9.17) is 15.2 Å². The Morgan fingerprint density at radius 1 is 1.06 bits per heavy atom. The predicted octanol–water partition coefficient (Wildman–Crippen LogP) is 2.30. The van der Waals surface area contributed by atoms with Crippen molar-refractivity contribution in [1.82, 2.24) is 0 Å². The fourth-order valence-corrected chi connectivity index (χ4v) is 1.85. The first-order valence-electron chi connectivity index (χ1n) is 5.98. The number of nitrogens with two attached hydrogens (primary N) is 1. The second-order valence-corrected chi connectivity index (χ2v) is 4.60. The topological polar surface area (TPSA) is 44.5 Å². The number of methoxy groups -OCH3 is 2. The molecule has 0 spiro atoms. The second kappa shape index (κ2) is 6.74. The summed E-state index contributed by atoms with van der Waals surface area (Å²) < 4.78 is 10.3. The van der Waals surface area contributed by atoms with Crippen molar-refractivity contribution in [2.45, 2.75) is 38.5 Å². The lowest BCUT2D eigenvalue weighted by molar-refractivity contribution is -0.115. The molecule has 0 saturated carbocycles. The average molecular weight is 237 g/mol. The standard InChI is InChI=1S/C14H23NO2/c1-10(2)12-7-5-11(6-8-12)9-13(15)14(16-3)17-4/h5-8,10,13-14H,9,15H2,1-4H3. The predicted molar refractivity (Wildman–Crippen MR) is 70.0 cm³/mol. The lowest BCUT2D eigenvalue weighted by Crippen LogP contribution is -2.39. The second-order valence-electron chi connectivity index (χ2n) is 4.60. The van der Waals surface area contributed by atoms with E-state index in [0.717, 1.165) is 6.42 Å². The molecule has 0 aliphatic carbocycles. The monoisotopic (exact) mass is 237 g/mol. The van der Waals surface area contributed by atoms with Gasteiger partial charge < -0.3 is 15.2 Å². The van der Waals surface area contributed by atoms with Gasteiger partial charge in [0.15, 0.2) is 6.29 Å². The number of ether oxygens (including phenoxy) is 2. The molecule has 0 amide bonds. The fraction of sp³-hybridized carbons (Fsp3) is 0.571. The highest BCUT2D eigenvalue weighted by Gasteiger charge is 2.16. The summed E-state index contributed by atoms with van der Waals surface area (Å²) in [4.78, 5) is 0. The lowest BCUT2D eigenvalue weighted by Gasteiger charge is -2.21. The van der Waals surface area contributed by atoms with Gasteiger partial charge in [-0.25, -0.2) is 0 Å². The maximum Gasteiger partial charge on any atom is 0.172 e. The van der Waals surface area contributed by atoms with Gasteiger partial charge in [-0.15, -0.1) is 0 Å². The molecule has 96 valence electrons. The van der Waals surface area contributed by atoms with Gasteiger partial charge in [-0.05, 0) is 23.5 Å². The molecule has 0 aliphatic rings. The molecule has 0 saturated heterocycles. The summed E-state index contributed by atoms with van der Waals surface area (Å²) in [7, 11) is 3.21. The van der Waals surface area contributed by atoms with Crippen LogP contribution in [0.25, 0.3) is 0 Å². The highest BCUT2D eigenvalue weighted by Crippen LogP contribution is 2.16. The van der Waals surface area contributed by atoms with E-state index in [9.17, 15) is 0 Å². The molecule has 1 rings (SSSR count). The van der Waals surface area contributed by atoms with Crippen LogP contribution in [0.2, 0.25) is 0 Å². The smallest absolute Gasteiger partial charge is 0.172 e. The minimum Gasteiger partial charge on any atom is -0.354 e. The first-order chi connectivity index (χ1) is 8.08. The van der Waals surface area contributed by atoms with Crippen LogP contribution >= 0.6 is 0 Å². The van der Waals surface area contributed by atoms with Crippen molar-refractivity contribution >= 4 is 0 Å². The quantitative estimate of drug-likeness (QED) is 0.772. The molecule has 17 heavy (non-hydrogen) atoms. The summed E-state index contributed by atoms with van der Waals surface area (Å²) in [5.41, 5.74) is 8.57. The first kappa shape index (κ1) is 14.2. The van der Waals surface area contributed by atoms with Crippen molar-refractivity contribution in [2.24, 2.45) is 5.73 Å². The zero-order chi connectivity index (χ0) is 12.8. The van der Waals surface area contributed by atoms with Gasteiger partial charge in [0.2, 0.25) is 0 Å². The summed E-state index contributed by atoms with van der Waals surface area (Å²) in [6.45, 7) is 4.37. The minimum absolute atomic E-state index is 0.144. The summed E-state index contributed by atoms with van der Waals surface area (Å²) in [5.74, 6) is 0.559. The maximum atomic E-state index is 6.02. The van der Waals surface area contributed by atoms with E-state index in [1.165, 1.54) is 11.1 Å². The fourth-order valence-electron chi connectivity index (χ4n) is 1.85. The Balaban J connectivity index is 2.62. The van der Waals surface area contributed by atoms with E-state index in [1.807, 2.05) is 0 Å². The van der Waals surface area contributed by atoms with Crippen LogP contribution in [-0.4, -0.2) is 26.6 Å². The van der Waals surface area contributed by atoms with Gasteiger partial charge in [-0.3, -0.25) is 0 Å². The van der Waals surface area contributed by atoms with Crippen molar-refractivity contribution in [3.05, 3.63) is 35.4 Å². The third-order valence-electron chi connectivity index (χ3n) is 2.93. The van der Waals surface area contributed by atoms with Crippen LogP contribution in [0.15, 0.2) is 24.3 Å². The van der Waals surface area contributed by atoms with Crippen LogP contribution in [0.4, 0.5) is 0 Å². The van der Waals surface area contributed by atoms with Gasteiger partial charge in [-0.2, -0.15) is 0 Å². The molecule has 0 bridgehead atoms. The molecule has 1 atom stereocenters. The van der Waals surface area contributed by atoms with Gasteiger partial charge in [0.1, 0.15) is 0 Å². The van der Waals surface area contributed by atoms with Crippen molar-refractivity contribution in [3.8, 4) is 0 Å². The summed E-state index contributed by atoms with van der Waals surface area (Å²) >= 11 is 0. The Labute approximate surface area is 104 Å². The molecular weight excluding hydrogens is 214 g/mol. The van der Waals surface area contributed by atoms with Gasteiger partial charge in [0, 0.05) is 14.2 Å². The molecule has 0 aromatic heterocycles. The van der Waals surface area contributed by atoms with Crippen LogP contribution < -0.4 is 5.73 Å². The van der Waals surface area contributed by atoms with Crippen molar-refractivity contribution in [3.63, 3.8) is 0 Å². The van der Waals surface area contributed by atoms with Crippen LogP contribution in [0.1, 0.15) is 30.9 Å². The Morgan fingerprint density at radius 2 is 1.59 bits per heavy atom. The van der Waals surface area contributed by atoms with E-state index in [-0.39, 0.29) is 12.3 Å². The number of hydrogen-bond donors (Lipinski definition) is 1. The molecule has 2 N–H and O–H groups in total. The highest BCUT2D eigenvalue weighted by molar-refractivity contribution is 5.25. The molecule has 0 radical (unpaired) electrons. The Hall–Kier alpha value is -0.900. The maximum absolute atomic E-state index is 6.02. The molecule has 3 heteroatoms. The zero-order valence-electron chi connectivity index (χ0n) is 11.1. The molecule has 0 aliphatic heterocycles. The largest absolute Gasteiger partial charge is 0.354 e. The highest BCUT2D eigenvalue weighted by atomic mass is 16.7.